The zero-order chi connectivity index (χ0) is 13.1. The van der Waals surface area contributed by atoms with E-state index in [2.05, 4.69) is 42.2 Å². The second-order valence-corrected chi connectivity index (χ2v) is 5.19. The monoisotopic (exact) mass is 246 g/mol. The molecule has 4 nitrogen and oxygen atoms in total. The van der Waals surface area contributed by atoms with Crippen molar-refractivity contribution in [1.29, 1.82) is 0 Å². The van der Waals surface area contributed by atoms with Gasteiger partial charge in [-0.1, -0.05) is 20.3 Å². The largest absolute Gasteiger partial charge is 0.366 e. The second-order valence-electron chi connectivity index (χ2n) is 5.19. The molecular weight excluding hydrogens is 224 g/mol. The van der Waals surface area contributed by atoms with E-state index in [4.69, 9.17) is 0 Å². The fourth-order valence-electron chi connectivity index (χ4n) is 2.22. The van der Waals surface area contributed by atoms with Crippen molar-refractivity contribution >= 4 is 11.3 Å². The predicted molar refractivity (Wildman–Crippen MR) is 74.9 cm³/mol. The lowest BCUT2D eigenvalue weighted by molar-refractivity contribution is 0.483. The van der Waals surface area contributed by atoms with Crippen LogP contribution in [0, 0.1) is 12.8 Å². The maximum absolute atomic E-state index is 4.42. The van der Waals surface area contributed by atoms with Crippen LogP contribution in [0.4, 0.5) is 5.82 Å². The van der Waals surface area contributed by atoms with Crippen LogP contribution in [0.5, 0.6) is 0 Å². The summed E-state index contributed by atoms with van der Waals surface area (Å²) in [6.45, 7) is 8.73. The average molecular weight is 246 g/mol. The summed E-state index contributed by atoms with van der Waals surface area (Å²) in [6.07, 6.45) is 6.05. The van der Waals surface area contributed by atoms with Crippen molar-refractivity contribution in [1.82, 2.24) is 14.6 Å². The van der Waals surface area contributed by atoms with Gasteiger partial charge in [0.25, 0.3) is 0 Å². The molecule has 0 radical (unpaired) electrons. The van der Waals surface area contributed by atoms with E-state index in [9.17, 15) is 0 Å². The minimum absolute atomic E-state index is 0.425. The Hall–Kier alpha value is -1.58. The minimum atomic E-state index is 0.425. The van der Waals surface area contributed by atoms with Gasteiger partial charge in [0, 0.05) is 18.4 Å². The molecule has 1 N–H and O–H groups in total. The summed E-state index contributed by atoms with van der Waals surface area (Å²) in [7, 11) is 0. The van der Waals surface area contributed by atoms with Crippen molar-refractivity contribution in [2.75, 3.05) is 5.32 Å². The minimum Gasteiger partial charge on any atom is -0.366 e. The van der Waals surface area contributed by atoms with Crippen molar-refractivity contribution in [2.45, 2.75) is 46.6 Å². The molecule has 0 amide bonds. The van der Waals surface area contributed by atoms with E-state index in [1.165, 1.54) is 6.42 Å². The molecule has 4 heteroatoms. The molecular formula is C14H22N4. The summed E-state index contributed by atoms with van der Waals surface area (Å²) >= 11 is 0. The van der Waals surface area contributed by atoms with Crippen molar-refractivity contribution in [3.05, 3.63) is 24.2 Å². The maximum Gasteiger partial charge on any atom is 0.152 e. The highest BCUT2D eigenvalue weighted by atomic mass is 15.2. The van der Waals surface area contributed by atoms with Gasteiger partial charge in [-0.2, -0.15) is 5.10 Å². The molecule has 2 rings (SSSR count). The Kier molecular flexibility index (Phi) is 3.84. The summed E-state index contributed by atoms with van der Waals surface area (Å²) in [5, 5.41) is 7.89. The topological polar surface area (TPSA) is 42.2 Å². The molecule has 0 spiro atoms. The number of rotatable bonds is 5. The smallest absolute Gasteiger partial charge is 0.152 e. The number of hydrogen-bond donors (Lipinski definition) is 1. The van der Waals surface area contributed by atoms with Crippen molar-refractivity contribution in [3.63, 3.8) is 0 Å². The highest BCUT2D eigenvalue weighted by Gasteiger charge is 2.10. The summed E-state index contributed by atoms with van der Waals surface area (Å²) in [6, 6.07) is 2.49. The Balaban J connectivity index is 2.16. The van der Waals surface area contributed by atoms with Crippen molar-refractivity contribution in [2.24, 2.45) is 5.92 Å². The molecule has 2 unspecified atom stereocenters. The van der Waals surface area contributed by atoms with Gasteiger partial charge < -0.3 is 5.32 Å². The molecule has 98 valence electrons. The van der Waals surface area contributed by atoms with E-state index in [1.807, 2.05) is 17.6 Å². The van der Waals surface area contributed by atoms with Crippen LogP contribution < -0.4 is 5.32 Å². The Labute approximate surface area is 108 Å². The third-order valence-corrected chi connectivity index (χ3v) is 3.35. The van der Waals surface area contributed by atoms with Crippen LogP contribution in [0.3, 0.4) is 0 Å². The van der Waals surface area contributed by atoms with Gasteiger partial charge in [-0.05, 0) is 32.3 Å². The number of nitrogens with one attached hydrogen (secondary N) is 1. The molecule has 0 bridgehead atoms. The van der Waals surface area contributed by atoms with E-state index in [1.54, 1.807) is 6.20 Å². The maximum atomic E-state index is 4.42. The molecule has 2 heterocycles. The Morgan fingerprint density at radius 3 is 2.89 bits per heavy atom. The lowest BCUT2D eigenvalue weighted by Gasteiger charge is -2.18. The van der Waals surface area contributed by atoms with Gasteiger partial charge in [0.05, 0.1) is 5.69 Å². The van der Waals surface area contributed by atoms with E-state index in [0.717, 1.165) is 29.4 Å². The van der Waals surface area contributed by atoms with Gasteiger partial charge in [-0.15, -0.1) is 0 Å². The Morgan fingerprint density at radius 1 is 1.39 bits per heavy atom. The Morgan fingerprint density at radius 2 is 2.17 bits per heavy atom. The first-order valence-electron chi connectivity index (χ1n) is 6.67. The zero-order valence-electron chi connectivity index (χ0n) is 11.6. The van der Waals surface area contributed by atoms with E-state index in [0.29, 0.717) is 6.04 Å². The molecule has 0 aliphatic rings. The zero-order valence-corrected chi connectivity index (χ0v) is 11.6. The lowest BCUT2D eigenvalue weighted by Crippen LogP contribution is -2.19. The van der Waals surface area contributed by atoms with Gasteiger partial charge in [0.2, 0.25) is 0 Å². The first-order valence-corrected chi connectivity index (χ1v) is 6.67. The molecule has 0 aliphatic heterocycles. The highest BCUT2D eigenvalue weighted by molar-refractivity contribution is 5.67. The van der Waals surface area contributed by atoms with Crippen LogP contribution in [-0.4, -0.2) is 20.6 Å². The van der Waals surface area contributed by atoms with Crippen molar-refractivity contribution < 1.29 is 0 Å². The molecule has 0 aliphatic carbocycles. The van der Waals surface area contributed by atoms with Crippen LogP contribution in [0.1, 0.15) is 39.3 Å². The third kappa shape index (κ3) is 2.81. The number of aryl methyl sites for hydroxylation is 1. The molecule has 0 saturated heterocycles. The quantitative estimate of drug-likeness (QED) is 0.880. The molecule has 2 aromatic rings. The summed E-state index contributed by atoms with van der Waals surface area (Å²) in [4.78, 5) is 4.42. The first kappa shape index (κ1) is 12.9. The molecule has 0 aromatic carbocycles. The van der Waals surface area contributed by atoms with Gasteiger partial charge in [0.1, 0.15) is 5.52 Å². The summed E-state index contributed by atoms with van der Waals surface area (Å²) in [5.74, 6) is 1.66. The fourth-order valence-corrected chi connectivity index (χ4v) is 2.22. The van der Waals surface area contributed by atoms with E-state index < -0.39 is 0 Å². The van der Waals surface area contributed by atoms with E-state index in [-0.39, 0.29) is 0 Å². The average Bonchev–Trinajstić information content (AvgIpc) is 2.70. The number of fused-ring (bicyclic) bond motifs is 1. The Bertz CT molecular complexity index is 517. The molecule has 18 heavy (non-hydrogen) atoms. The van der Waals surface area contributed by atoms with Crippen LogP contribution in [0.2, 0.25) is 0 Å². The number of anilines is 1. The van der Waals surface area contributed by atoms with Crippen LogP contribution in [-0.2, 0) is 0 Å². The summed E-state index contributed by atoms with van der Waals surface area (Å²) in [5.41, 5.74) is 2.06. The van der Waals surface area contributed by atoms with Gasteiger partial charge in [-0.3, -0.25) is 0 Å². The summed E-state index contributed by atoms with van der Waals surface area (Å²) < 4.78 is 1.88. The highest BCUT2D eigenvalue weighted by Crippen LogP contribution is 2.18. The van der Waals surface area contributed by atoms with Crippen molar-refractivity contribution in [3.8, 4) is 0 Å². The molecule has 0 saturated carbocycles. The fraction of sp³-hybridized carbons (Fsp3) is 0.571. The third-order valence-electron chi connectivity index (χ3n) is 3.35. The van der Waals surface area contributed by atoms with Gasteiger partial charge >= 0.3 is 0 Å². The van der Waals surface area contributed by atoms with Crippen LogP contribution in [0.25, 0.3) is 5.52 Å². The predicted octanol–water partition coefficient (Wildman–Crippen LogP) is 3.27. The number of nitrogens with zero attached hydrogens (tertiary/aromatic N) is 3. The number of aromatic nitrogens is 3. The second kappa shape index (κ2) is 5.38. The SMILES string of the molecule is CCC(C)CC(C)Nc1nccn2nc(C)cc12. The lowest BCUT2D eigenvalue weighted by atomic mass is 10.0. The first-order chi connectivity index (χ1) is 8.60. The van der Waals surface area contributed by atoms with Crippen LogP contribution >= 0.6 is 0 Å². The van der Waals surface area contributed by atoms with Gasteiger partial charge in [0.15, 0.2) is 5.82 Å². The van der Waals surface area contributed by atoms with Gasteiger partial charge in [-0.25, -0.2) is 9.50 Å². The number of hydrogen-bond acceptors (Lipinski definition) is 3. The molecule has 0 fully saturated rings. The molecule has 2 atom stereocenters. The molecule has 2 aromatic heterocycles. The normalized spacial score (nSPS) is 14.7. The standard InChI is InChI=1S/C14H22N4/c1-5-10(2)8-11(3)16-14-13-9-12(4)17-18(13)7-6-15-14/h6-7,9-11H,5,8H2,1-4H3,(H,15,16). The van der Waals surface area contributed by atoms with Crippen LogP contribution in [0.15, 0.2) is 18.5 Å². The van der Waals surface area contributed by atoms with E-state index >= 15 is 0 Å².